The van der Waals surface area contributed by atoms with Crippen LogP contribution in [0.25, 0.3) is 0 Å². The molecular formula is C13H14BrNO4. The number of benzene rings is 1. The van der Waals surface area contributed by atoms with Crippen molar-refractivity contribution in [2.75, 3.05) is 18.1 Å². The molecule has 1 aliphatic rings. The van der Waals surface area contributed by atoms with E-state index in [1.165, 1.54) is 0 Å². The summed E-state index contributed by atoms with van der Waals surface area (Å²) >= 11 is 3.42. The van der Waals surface area contributed by atoms with Crippen LogP contribution in [-0.4, -0.2) is 36.2 Å². The minimum atomic E-state index is -1.04. The maximum Gasteiger partial charge on any atom is 0.306 e. The lowest BCUT2D eigenvalue weighted by atomic mass is 10.1. The number of halogens is 1. The smallest absolute Gasteiger partial charge is 0.306 e. The molecule has 1 N–H and O–H groups in total. The second-order valence-corrected chi connectivity index (χ2v) is 5.23. The molecule has 1 saturated heterocycles. The Morgan fingerprint density at radius 3 is 2.95 bits per heavy atom. The highest BCUT2D eigenvalue weighted by molar-refractivity contribution is 9.10. The number of carboxylic acid groups (broad SMARTS) is 1. The number of nitrogens with zero attached hydrogens (tertiary/aromatic N) is 1. The first-order chi connectivity index (χ1) is 8.99. The predicted octanol–water partition coefficient (Wildman–Crippen LogP) is 1.96. The molecule has 0 saturated carbocycles. The number of carboxylic acids is 1. The summed E-state index contributed by atoms with van der Waals surface area (Å²) in [6.07, 6.45) is -1.20. The van der Waals surface area contributed by atoms with Gasteiger partial charge in [0.05, 0.1) is 13.0 Å². The van der Waals surface area contributed by atoms with Gasteiger partial charge in [0.15, 0.2) is 0 Å². The van der Waals surface area contributed by atoms with Gasteiger partial charge in [0.1, 0.15) is 6.10 Å². The summed E-state index contributed by atoms with van der Waals surface area (Å²) in [5, 5.41) is 8.76. The molecule has 6 heteroatoms. The van der Waals surface area contributed by atoms with Crippen molar-refractivity contribution in [3.8, 4) is 0 Å². The van der Waals surface area contributed by atoms with E-state index < -0.39 is 12.1 Å². The maximum atomic E-state index is 12.2. The van der Waals surface area contributed by atoms with E-state index in [4.69, 9.17) is 9.84 Å². The molecule has 102 valence electrons. The average molecular weight is 328 g/mol. The Hall–Kier alpha value is -1.40. The zero-order chi connectivity index (χ0) is 14.0. The van der Waals surface area contributed by atoms with Crippen molar-refractivity contribution in [1.82, 2.24) is 0 Å². The van der Waals surface area contributed by atoms with Gasteiger partial charge < -0.3 is 14.7 Å². The third-order valence-corrected chi connectivity index (χ3v) is 3.86. The van der Waals surface area contributed by atoms with Crippen molar-refractivity contribution in [2.24, 2.45) is 0 Å². The lowest BCUT2D eigenvalue weighted by Crippen LogP contribution is -2.48. The van der Waals surface area contributed by atoms with Crippen LogP contribution in [0.2, 0.25) is 0 Å². The molecule has 1 aromatic carbocycles. The second kappa shape index (κ2) is 5.71. The number of ether oxygens (including phenoxy) is 1. The summed E-state index contributed by atoms with van der Waals surface area (Å²) < 4.78 is 6.14. The molecule has 0 bridgehead atoms. The van der Waals surface area contributed by atoms with E-state index in [1.807, 2.05) is 25.1 Å². The van der Waals surface area contributed by atoms with Gasteiger partial charge in [-0.3, -0.25) is 9.59 Å². The Morgan fingerprint density at radius 1 is 1.58 bits per heavy atom. The fourth-order valence-electron chi connectivity index (χ4n) is 1.95. The second-order valence-electron chi connectivity index (χ2n) is 4.38. The Bertz CT molecular complexity index is 517. The van der Waals surface area contributed by atoms with Crippen molar-refractivity contribution in [1.29, 1.82) is 0 Å². The summed E-state index contributed by atoms with van der Waals surface area (Å²) in [6.45, 7) is 2.74. The summed E-state index contributed by atoms with van der Waals surface area (Å²) in [5.41, 5.74) is 1.83. The molecule has 0 aliphatic carbocycles. The minimum absolute atomic E-state index is 0.301. The number of morpholine rings is 1. The van der Waals surface area contributed by atoms with Crippen molar-refractivity contribution in [3.05, 3.63) is 28.2 Å². The minimum Gasteiger partial charge on any atom is -0.481 e. The normalized spacial score (nSPS) is 19.6. The number of hydrogen-bond donors (Lipinski definition) is 1. The van der Waals surface area contributed by atoms with Gasteiger partial charge in [-0.15, -0.1) is 0 Å². The maximum absolute atomic E-state index is 12.2. The van der Waals surface area contributed by atoms with E-state index in [-0.39, 0.29) is 12.3 Å². The van der Waals surface area contributed by atoms with Gasteiger partial charge in [0, 0.05) is 16.7 Å². The van der Waals surface area contributed by atoms with Gasteiger partial charge in [-0.25, -0.2) is 0 Å². The molecule has 0 radical (unpaired) electrons. The summed E-state index contributed by atoms with van der Waals surface area (Å²) in [6, 6.07) is 5.62. The average Bonchev–Trinajstić information content (AvgIpc) is 2.35. The van der Waals surface area contributed by atoms with E-state index in [2.05, 4.69) is 15.9 Å². The molecule has 1 unspecified atom stereocenters. The molecule has 19 heavy (non-hydrogen) atoms. The van der Waals surface area contributed by atoms with Crippen molar-refractivity contribution < 1.29 is 19.4 Å². The highest BCUT2D eigenvalue weighted by Gasteiger charge is 2.32. The van der Waals surface area contributed by atoms with Gasteiger partial charge >= 0.3 is 5.97 Å². The van der Waals surface area contributed by atoms with Crippen LogP contribution in [0.1, 0.15) is 12.0 Å². The molecule has 1 aliphatic heterocycles. The molecular weight excluding hydrogens is 314 g/mol. The summed E-state index contributed by atoms with van der Waals surface area (Å²) in [5.74, 6) is -1.34. The zero-order valence-electron chi connectivity index (χ0n) is 10.4. The number of aliphatic carboxylic acids is 1. The Kier molecular flexibility index (Phi) is 4.21. The summed E-state index contributed by atoms with van der Waals surface area (Å²) in [4.78, 5) is 24.4. The van der Waals surface area contributed by atoms with Crippen LogP contribution in [0.3, 0.4) is 0 Å². The first-order valence-electron chi connectivity index (χ1n) is 5.90. The van der Waals surface area contributed by atoms with E-state index >= 15 is 0 Å². The van der Waals surface area contributed by atoms with E-state index in [1.54, 1.807) is 4.90 Å². The van der Waals surface area contributed by atoms with E-state index in [0.717, 1.165) is 15.7 Å². The van der Waals surface area contributed by atoms with E-state index in [9.17, 15) is 9.59 Å². The molecule has 1 atom stereocenters. The Labute approximate surface area is 119 Å². The van der Waals surface area contributed by atoms with E-state index in [0.29, 0.717) is 13.2 Å². The lowest BCUT2D eigenvalue weighted by molar-refractivity contribution is -0.147. The number of rotatable bonds is 3. The SMILES string of the molecule is Cc1ccc(N2CCOC(CC(=O)O)C2=O)cc1Br. The fraction of sp³-hybridized carbons (Fsp3) is 0.385. The van der Waals surface area contributed by atoms with Gasteiger partial charge in [0.2, 0.25) is 0 Å². The quantitative estimate of drug-likeness (QED) is 0.921. The molecule has 1 amide bonds. The van der Waals surface area contributed by atoms with Gasteiger partial charge in [0.25, 0.3) is 5.91 Å². The molecule has 0 spiro atoms. The van der Waals surface area contributed by atoms with Gasteiger partial charge in [-0.1, -0.05) is 22.0 Å². The van der Waals surface area contributed by atoms with Crippen LogP contribution in [0.15, 0.2) is 22.7 Å². The van der Waals surface area contributed by atoms with Crippen LogP contribution in [0.5, 0.6) is 0 Å². The third kappa shape index (κ3) is 3.13. The number of amides is 1. The van der Waals surface area contributed by atoms with Crippen molar-refractivity contribution in [3.63, 3.8) is 0 Å². The van der Waals surface area contributed by atoms with Crippen LogP contribution < -0.4 is 4.90 Å². The van der Waals surface area contributed by atoms with Crippen LogP contribution in [0, 0.1) is 6.92 Å². The van der Waals surface area contributed by atoms with Gasteiger partial charge in [-0.05, 0) is 24.6 Å². The molecule has 5 nitrogen and oxygen atoms in total. The van der Waals surface area contributed by atoms with Crippen LogP contribution in [-0.2, 0) is 14.3 Å². The highest BCUT2D eigenvalue weighted by atomic mass is 79.9. The largest absolute Gasteiger partial charge is 0.481 e. The lowest BCUT2D eigenvalue weighted by Gasteiger charge is -2.32. The number of anilines is 1. The number of carbonyl (C=O) groups is 2. The number of aryl methyl sites for hydroxylation is 1. The zero-order valence-corrected chi connectivity index (χ0v) is 12.0. The van der Waals surface area contributed by atoms with Crippen molar-refractivity contribution in [2.45, 2.75) is 19.4 Å². The van der Waals surface area contributed by atoms with Crippen LogP contribution in [0.4, 0.5) is 5.69 Å². The number of hydrogen-bond acceptors (Lipinski definition) is 3. The molecule has 1 heterocycles. The Balaban J connectivity index is 2.21. The highest BCUT2D eigenvalue weighted by Crippen LogP contribution is 2.26. The molecule has 1 fully saturated rings. The Morgan fingerprint density at radius 2 is 2.32 bits per heavy atom. The summed E-state index contributed by atoms with van der Waals surface area (Å²) in [7, 11) is 0. The van der Waals surface area contributed by atoms with Crippen molar-refractivity contribution >= 4 is 33.5 Å². The monoisotopic (exact) mass is 327 g/mol. The first-order valence-corrected chi connectivity index (χ1v) is 6.69. The first kappa shape index (κ1) is 14.0. The topological polar surface area (TPSA) is 66.8 Å². The third-order valence-electron chi connectivity index (χ3n) is 3.00. The van der Waals surface area contributed by atoms with Crippen LogP contribution >= 0.6 is 15.9 Å². The fourth-order valence-corrected chi connectivity index (χ4v) is 2.32. The van der Waals surface area contributed by atoms with Gasteiger partial charge in [-0.2, -0.15) is 0 Å². The predicted molar refractivity (Wildman–Crippen MR) is 73.2 cm³/mol. The standard InChI is InChI=1S/C13H14BrNO4/c1-8-2-3-9(6-10(8)14)15-4-5-19-11(13(15)18)7-12(16)17/h2-3,6,11H,4-5,7H2,1H3,(H,16,17). The molecule has 0 aromatic heterocycles. The number of carbonyl (C=O) groups excluding carboxylic acids is 1. The molecule has 2 rings (SSSR count). The molecule has 1 aromatic rings.